The zero-order valence-corrected chi connectivity index (χ0v) is 10.1. The Labute approximate surface area is 98.8 Å². The summed E-state index contributed by atoms with van der Waals surface area (Å²) >= 11 is 1.56. The molecule has 0 amide bonds. The molecule has 0 bridgehead atoms. The van der Waals surface area contributed by atoms with Crippen molar-refractivity contribution in [1.82, 2.24) is 9.97 Å². The molecule has 0 aliphatic carbocycles. The summed E-state index contributed by atoms with van der Waals surface area (Å²) in [5, 5.41) is 12.0. The Hall–Kier alpha value is -1.60. The van der Waals surface area contributed by atoms with E-state index >= 15 is 0 Å². The van der Waals surface area contributed by atoms with Gasteiger partial charge in [-0.25, -0.2) is 4.98 Å². The van der Waals surface area contributed by atoms with Crippen molar-refractivity contribution in [3.05, 3.63) is 28.7 Å². The van der Waals surface area contributed by atoms with Crippen LogP contribution in [0.3, 0.4) is 0 Å². The highest BCUT2D eigenvalue weighted by molar-refractivity contribution is 7.10. The van der Waals surface area contributed by atoms with Crippen LogP contribution < -0.4 is 0 Å². The average Bonchev–Trinajstić information content (AvgIpc) is 2.86. The number of hydrogen-bond acceptors (Lipinski definition) is 3. The second kappa shape index (κ2) is 4.50. The van der Waals surface area contributed by atoms with Gasteiger partial charge in [-0.3, -0.25) is 0 Å². The van der Waals surface area contributed by atoms with E-state index in [0.29, 0.717) is 5.92 Å². The van der Waals surface area contributed by atoms with Crippen LogP contribution >= 0.6 is 11.3 Å². The predicted molar refractivity (Wildman–Crippen MR) is 65.1 cm³/mol. The fourth-order valence-electron chi connectivity index (χ4n) is 1.53. The standard InChI is InChI=1S/C12H13N3S/c1-8(2)9(6-13)12-15-11(7-16-12)10-4-3-5-14-10/h3-5,7-9,14H,1-2H3. The van der Waals surface area contributed by atoms with E-state index in [1.165, 1.54) is 0 Å². The molecule has 2 aromatic rings. The number of nitrogens with zero attached hydrogens (tertiary/aromatic N) is 2. The molecule has 82 valence electrons. The van der Waals surface area contributed by atoms with Gasteiger partial charge < -0.3 is 4.98 Å². The lowest BCUT2D eigenvalue weighted by molar-refractivity contribution is 0.585. The zero-order valence-electron chi connectivity index (χ0n) is 9.27. The number of nitriles is 1. The van der Waals surface area contributed by atoms with Crippen LogP contribution in [0.5, 0.6) is 0 Å². The SMILES string of the molecule is CC(C)C(C#N)c1nc(-c2ccc[nH]2)cs1. The average molecular weight is 231 g/mol. The number of nitrogens with one attached hydrogen (secondary N) is 1. The van der Waals surface area contributed by atoms with Crippen LogP contribution in [-0.2, 0) is 0 Å². The molecular formula is C12H13N3S. The third-order valence-corrected chi connectivity index (χ3v) is 3.40. The molecule has 1 unspecified atom stereocenters. The summed E-state index contributed by atoms with van der Waals surface area (Å²) in [4.78, 5) is 7.62. The smallest absolute Gasteiger partial charge is 0.111 e. The Kier molecular flexibility index (Phi) is 3.07. The molecule has 16 heavy (non-hydrogen) atoms. The maximum Gasteiger partial charge on any atom is 0.111 e. The molecule has 1 atom stereocenters. The lowest BCUT2D eigenvalue weighted by Crippen LogP contribution is -2.03. The summed E-state index contributed by atoms with van der Waals surface area (Å²) in [5.41, 5.74) is 1.92. The molecule has 2 rings (SSSR count). The zero-order chi connectivity index (χ0) is 11.5. The largest absolute Gasteiger partial charge is 0.360 e. The van der Waals surface area contributed by atoms with E-state index in [4.69, 9.17) is 5.26 Å². The Balaban J connectivity index is 2.30. The highest BCUT2D eigenvalue weighted by Gasteiger charge is 2.19. The van der Waals surface area contributed by atoms with Crippen molar-refractivity contribution < 1.29 is 0 Å². The molecule has 0 fully saturated rings. The fraction of sp³-hybridized carbons (Fsp3) is 0.333. The molecule has 0 spiro atoms. The molecule has 4 heteroatoms. The van der Waals surface area contributed by atoms with E-state index in [1.54, 1.807) is 11.3 Å². The van der Waals surface area contributed by atoms with Gasteiger partial charge >= 0.3 is 0 Å². The van der Waals surface area contributed by atoms with Crippen LogP contribution in [0.25, 0.3) is 11.4 Å². The highest BCUT2D eigenvalue weighted by Crippen LogP contribution is 2.29. The van der Waals surface area contributed by atoms with Crippen molar-refractivity contribution >= 4 is 11.3 Å². The molecule has 0 aliphatic rings. The first kappa shape index (κ1) is 10.9. The Morgan fingerprint density at radius 2 is 2.31 bits per heavy atom. The van der Waals surface area contributed by atoms with Gasteiger partial charge in [-0.1, -0.05) is 13.8 Å². The molecule has 0 radical (unpaired) electrons. The second-order valence-electron chi connectivity index (χ2n) is 4.01. The minimum Gasteiger partial charge on any atom is -0.360 e. The number of aromatic nitrogens is 2. The molecular weight excluding hydrogens is 218 g/mol. The quantitative estimate of drug-likeness (QED) is 0.880. The van der Waals surface area contributed by atoms with Gasteiger partial charge in [0.25, 0.3) is 0 Å². The van der Waals surface area contributed by atoms with Crippen LogP contribution in [0, 0.1) is 17.2 Å². The molecule has 2 aromatic heterocycles. The van der Waals surface area contributed by atoms with Gasteiger partial charge in [0.15, 0.2) is 0 Å². The first-order valence-electron chi connectivity index (χ1n) is 5.21. The minimum absolute atomic E-state index is 0.103. The van der Waals surface area contributed by atoms with Crippen LogP contribution in [-0.4, -0.2) is 9.97 Å². The monoisotopic (exact) mass is 231 g/mol. The third kappa shape index (κ3) is 2.00. The number of rotatable bonds is 3. The maximum atomic E-state index is 9.10. The van der Waals surface area contributed by atoms with Gasteiger partial charge in [-0.05, 0) is 18.1 Å². The van der Waals surface area contributed by atoms with Gasteiger partial charge in [0.1, 0.15) is 10.9 Å². The van der Waals surface area contributed by atoms with Crippen molar-refractivity contribution in [3.63, 3.8) is 0 Å². The third-order valence-electron chi connectivity index (χ3n) is 2.47. The molecule has 3 nitrogen and oxygen atoms in total. The Bertz CT molecular complexity index is 491. The molecule has 0 aliphatic heterocycles. The van der Waals surface area contributed by atoms with Crippen molar-refractivity contribution in [2.45, 2.75) is 19.8 Å². The van der Waals surface area contributed by atoms with E-state index in [1.807, 2.05) is 37.6 Å². The summed E-state index contributed by atoms with van der Waals surface area (Å²) < 4.78 is 0. The summed E-state index contributed by atoms with van der Waals surface area (Å²) in [6.07, 6.45) is 1.87. The van der Waals surface area contributed by atoms with Crippen molar-refractivity contribution in [2.75, 3.05) is 0 Å². The highest BCUT2D eigenvalue weighted by atomic mass is 32.1. The lowest BCUT2D eigenvalue weighted by Gasteiger charge is -2.08. The van der Waals surface area contributed by atoms with E-state index in [9.17, 15) is 0 Å². The van der Waals surface area contributed by atoms with Crippen molar-refractivity contribution in [2.24, 2.45) is 5.92 Å². The fourth-order valence-corrected chi connectivity index (χ4v) is 2.57. The number of hydrogen-bond donors (Lipinski definition) is 1. The van der Waals surface area contributed by atoms with Gasteiger partial charge in [0, 0.05) is 11.6 Å². The number of thiazole rings is 1. The molecule has 0 aromatic carbocycles. The Morgan fingerprint density at radius 1 is 1.50 bits per heavy atom. The number of H-pyrrole nitrogens is 1. The van der Waals surface area contributed by atoms with Gasteiger partial charge in [-0.15, -0.1) is 11.3 Å². The van der Waals surface area contributed by atoms with E-state index < -0.39 is 0 Å². The van der Waals surface area contributed by atoms with E-state index in [-0.39, 0.29) is 5.92 Å². The van der Waals surface area contributed by atoms with Crippen LogP contribution in [0.15, 0.2) is 23.7 Å². The van der Waals surface area contributed by atoms with Gasteiger partial charge in [0.05, 0.1) is 17.5 Å². The summed E-state index contributed by atoms with van der Waals surface area (Å²) in [6.45, 7) is 4.09. The van der Waals surface area contributed by atoms with Gasteiger partial charge in [-0.2, -0.15) is 5.26 Å². The van der Waals surface area contributed by atoms with E-state index in [0.717, 1.165) is 16.4 Å². The minimum atomic E-state index is -0.103. The summed E-state index contributed by atoms with van der Waals surface area (Å²) in [6, 6.07) is 6.24. The summed E-state index contributed by atoms with van der Waals surface area (Å²) in [5.74, 6) is 0.196. The van der Waals surface area contributed by atoms with Crippen molar-refractivity contribution in [3.8, 4) is 17.5 Å². The maximum absolute atomic E-state index is 9.10. The second-order valence-corrected chi connectivity index (χ2v) is 4.90. The van der Waals surface area contributed by atoms with E-state index in [2.05, 4.69) is 16.0 Å². The normalized spacial score (nSPS) is 12.6. The first-order chi connectivity index (χ1) is 7.72. The van der Waals surface area contributed by atoms with Gasteiger partial charge in [0.2, 0.25) is 0 Å². The molecule has 2 heterocycles. The Morgan fingerprint density at radius 3 is 2.88 bits per heavy atom. The van der Waals surface area contributed by atoms with Crippen molar-refractivity contribution in [1.29, 1.82) is 5.26 Å². The lowest BCUT2D eigenvalue weighted by atomic mass is 9.98. The number of aromatic amines is 1. The van der Waals surface area contributed by atoms with Crippen LogP contribution in [0.2, 0.25) is 0 Å². The predicted octanol–water partition coefficient (Wildman–Crippen LogP) is 3.40. The van der Waals surface area contributed by atoms with Crippen LogP contribution in [0.1, 0.15) is 24.8 Å². The molecule has 1 N–H and O–H groups in total. The first-order valence-corrected chi connectivity index (χ1v) is 6.09. The molecule has 0 saturated heterocycles. The summed E-state index contributed by atoms with van der Waals surface area (Å²) in [7, 11) is 0. The van der Waals surface area contributed by atoms with Crippen LogP contribution in [0.4, 0.5) is 0 Å². The topological polar surface area (TPSA) is 52.5 Å². The molecule has 0 saturated carbocycles.